The maximum atomic E-state index is 13.0. The molecule has 4 rings (SSSR count). The second-order valence-electron chi connectivity index (χ2n) is 7.45. The van der Waals surface area contributed by atoms with Gasteiger partial charge in [-0.15, -0.1) is 0 Å². The number of aryl methyl sites for hydroxylation is 2. The molecule has 6 heteroatoms. The molecule has 1 fully saturated rings. The van der Waals surface area contributed by atoms with Gasteiger partial charge in [0.05, 0.1) is 6.20 Å². The molecule has 1 amide bonds. The van der Waals surface area contributed by atoms with Crippen LogP contribution >= 0.6 is 0 Å². The first-order valence-electron chi connectivity index (χ1n) is 9.40. The second kappa shape index (κ2) is 7.02. The van der Waals surface area contributed by atoms with Crippen molar-refractivity contribution in [1.82, 2.24) is 19.5 Å². The molecular weight excluding hydrogens is 338 g/mol. The van der Waals surface area contributed by atoms with Crippen LogP contribution in [0.3, 0.4) is 0 Å². The fraction of sp³-hybridized carbons (Fsp3) is 0.381. The molecule has 0 saturated carbocycles. The number of carbonyl (C=O) groups excluding carboxylic acids is 1. The zero-order valence-corrected chi connectivity index (χ0v) is 16.1. The predicted octanol–water partition coefficient (Wildman–Crippen LogP) is 2.94. The van der Waals surface area contributed by atoms with Crippen molar-refractivity contribution < 1.29 is 4.79 Å². The van der Waals surface area contributed by atoms with E-state index in [-0.39, 0.29) is 5.91 Å². The summed E-state index contributed by atoms with van der Waals surface area (Å²) in [5, 5.41) is 4.34. The number of fused-ring (bicyclic) bond motifs is 1. The second-order valence-corrected chi connectivity index (χ2v) is 7.45. The van der Waals surface area contributed by atoms with Gasteiger partial charge in [-0.2, -0.15) is 5.10 Å². The molecule has 0 bridgehead atoms. The Morgan fingerprint density at radius 3 is 2.81 bits per heavy atom. The van der Waals surface area contributed by atoms with E-state index in [1.165, 1.54) is 5.69 Å². The Kier molecular flexibility index (Phi) is 4.56. The standard InChI is InChI=1S/C21H25N5O/c1-15-11-16(2)26-20(23-15)19(12-22-26)21(27)24(3)13-17-9-10-25(14-17)18-7-5-4-6-8-18/h4-8,11-12,17H,9-10,13-14H2,1-3H3/t17-/m0/s1. The lowest BCUT2D eigenvalue weighted by Crippen LogP contribution is -2.33. The molecule has 140 valence electrons. The summed E-state index contributed by atoms with van der Waals surface area (Å²) in [6, 6.07) is 12.4. The van der Waals surface area contributed by atoms with E-state index in [4.69, 9.17) is 0 Å². The number of para-hydroxylation sites is 1. The maximum Gasteiger partial charge on any atom is 0.259 e. The Balaban J connectivity index is 1.46. The maximum absolute atomic E-state index is 13.0. The summed E-state index contributed by atoms with van der Waals surface area (Å²) < 4.78 is 1.74. The van der Waals surface area contributed by atoms with Crippen LogP contribution in [0.5, 0.6) is 0 Å². The summed E-state index contributed by atoms with van der Waals surface area (Å²) >= 11 is 0. The fourth-order valence-electron chi connectivity index (χ4n) is 3.95. The van der Waals surface area contributed by atoms with E-state index in [1.54, 1.807) is 10.7 Å². The van der Waals surface area contributed by atoms with Gasteiger partial charge in [0, 0.05) is 43.8 Å². The largest absolute Gasteiger partial charge is 0.371 e. The van der Waals surface area contributed by atoms with Crippen molar-refractivity contribution in [3.63, 3.8) is 0 Å². The third kappa shape index (κ3) is 3.39. The normalized spacial score (nSPS) is 16.9. The minimum absolute atomic E-state index is 0.0133. The topological polar surface area (TPSA) is 53.7 Å². The van der Waals surface area contributed by atoms with Gasteiger partial charge in [-0.05, 0) is 44.4 Å². The highest BCUT2D eigenvalue weighted by atomic mass is 16.2. The van der Waals surface area contributed by atoms with Gasteiger partial charge in [-0.1, -0.05) is 18.2 Å². The summed E-state index contributed by atoms with van der Waals surface area (Å²) in [6.07, 6.45) is 2.73. The van der Waals surface area contributed by atoms with Crippen molar-refractivity contribution in [1.29, 1.82) is 0 Å². The summed E-state index contributed by atoms with van der Waals surface area (Å²) in [7, 11) is 1.87. The minimum atomic E-state index is -0.0133. The molecule has 1 aliphatic heterocycles. The van der Waals surface area contributed by atoms with Gasteiger partial charge in [0.15, 0.2) is 5.65 Å². The summed E-state index contributed by atoms with van der Waals surface area (Å²) in [5.74, 6) is 0.457. The van der Waals surface area contributed by atoms with E-state index in [1.807, 2.05) is 37.9 Å². The lowest BCUT2D eigenvalue weighted by molar-refractivity contribution is 0.0778. The Hall–Kier alpha value is -2.89. The minimum Gasteiger partial charge on any atom is -0.371 e. The Labute approximate surface area is 159 Å². The zero-order chi connectivity index (χ0) is 19.0. The van der Waals surface area contributed by atoms with E-state index in [2.05, 4.69) is 39.2 Å². The molecule has 27 heavy (non-hydrogen) atoms. The van der Waals surface area contributed by atoms with E-state index in [9.17, 15) is 4.79 Å². The van der Waals surface area contributed by atoms with Crippen LogP contribution in [0, 0.1) is 19.8 Å². The number of nitrogens with zero attached hydrogens (tertiary/aromatic N) is 5. The van der Waals surface area contributed by atoms with Crippen LogP contribution in [0.25, 0.3) is 5.65 Å². The number of hydrogen-bond donors (Lipinski definition) is 0. The molecular formula is C21H25N5O. The van der Waals surface area contributed by atoms with Crippen molar-refractivity contribution in [2.45, 2.75) is 20.3 Å². The molecule has 1 aromatic carbocycles. The van der Waals surface area contributed by atoms with Crippen LogP contribution in [0.4, 0.5) is 5.69 Å². The van der Waals surface area contributed by atoms with Gasteiger partial charge >= 0.3 is 0 Å². The van der Waals surface area contributed by atoms with Gasteiger partial charge in [0.2, 0.25) is 0 Å². The number of amides is 1. The average molecular weight is 363 g/mol. The van der Waals surface area contributed by atoms with Gasteiger partial charge < -0.3 is 9.80 Å². The Morgan fingerprint density at radius 1 is 1.26 bits per heavy atom. The molecule has 1 aliphatic rings. The van der Waals surface area contributed by atoms with Crippen LogP contribution in [0.2, 0.25) is 0 Å². The molecule has 6 nitrogen and oxygen atoms in total. The Bertz CT molecular complexity index is 965. The average Bonchev–Trinajstić information content (AvgIpc) is 3.29. The third-order valence-corrected chi connectivity index (χ3v) is 5.29. The number of benzene rings is 1. The van der Waals surface area contributed by atoms with Gasteiger partial charge in [-0.25, -0.2) is 9.50 Å². The highest BCUT2D eigenvalue weighted by Crippen LogP contribution is 2.24. The first-order valence-corrected chi connectivity index (χ1v) is 9.40. The van der Waals surface area contributed by atoms with E-state index < -0.39 is 0 Å². The smallest absolute Gasteiger partial charge is 0.259 e. The van der Waals surface area contributed by atoms with Gasteiger partial charge in [0.1, 0.15) is 5.56 Å². The van der Waals surface area contributed by atoms with Crippen molar-refractivity contribution in [3.8, 4) is 0 Å². The molecule has 0 unspecified atom stereocenters. The first kappa shape index (κ1) is 17.5. The van der Waals surface area contributed by atoms with E-state index in [0.717, 1.165) is 37.4 Å². The van der Waals surface area contributed by atoms with Crippen molar-refractivity contribution >= 4 is 17.2 Å². The molecule has 3 heterocycles. The van der Waals surface area contributed by atoms with Crippen molar-refractivity contribution in [3.05, 3.63) is 59.5 Å². The van der Waals surface area contributed by atoms with E-state index >= 15 is 0 Å². The lowest BCUT2D eigenvalue weighted by atomic mass is 10.1. The molecule has 0 spiro atoms. The SMILES string of the molecule is Cc1cc(C)n2ncc(C(=O)N(C)C[C@@H]3CCN(c4ccccc4)C3)c2n1. The van der Waals surface area contributed by atoms with Crippen molar-refractivity contribution in [2.24, 2.45) is 5.92 Å². The highest BCUT2D eigenvalue weighted by molar-refractivity contribution is 5.99. The molecule has 0 N–H and O–H groups in total. The number of rotatable bonds is 4. The van der Waals surface area contributed by atoms with Crippen LogP contribution in [0.15, 0.2) is 42.6 Å². The molecule has 3 aromatic rings. The molecule has 1 atom stereocenters. The number of carbonyl (C=O) groups is 1. The van der Waals surface area contributed by atoms with Crippen LogP contribution in [-0.4, -0.2) is 52.1 Å². The zero-order valence-electron chi connectivity index (χ0n) is 16.1. The quantitative estimate of drug-likeness (QED) is 0.715. The third-order valence-electron chi connectivity index (χ3n) is 5.29. The highest BCUT2D eigenvalue weighted by Gasteiger charge is 2.26. The summed E-state index contributed by atoms with van der Waals surface area (Å²) in [5.41, 5.74) is 4.34. The molecule has 2 aromatic heterocycles. The first-order chi connectivity index (χ1) is 13.0. The van der Waals surface area contributed by atoms with Gasteiger partial charge in [0.25, 0.3) is 5.91 Å². The number of hydrogen-bond acceptors (Lipinski definition) is 4. The molecule has 1 saturated heterocycles. The fourth-order valence-corrected chi connectivity index (χ4v) is 3.95. The Morgan fingerprint density at radius 2 is 2.04 bits per heavy atom. The van der Waals surface area contributed by atoms with Crippen LogP contribution in [-0.2, 0) is 0 Å². The van der Waals surface area contributed by atoms with E-state index in [0.29, 0.717) is 17.1 Å². The molecule has 0 aliphatic carbocycles. The monoisotopic (exact) mass is 363 g/mol. The molecule has 0 radical (unpaired) electrons. The van der Waals surface area contributed by atoms with Crippen LogP contribution < -0.4 is 4.90 Å². The van der Waals surface area contributed by atoms with Gasteiger partial charge in [-0.3, -0.25) is 4.79 Å². The number of anilines is 1. The number of aromatic nitrogens is 3. The van der Waals surface area contributed by atoms with Crippen LogP contribution in [0.1, 0.15) is 28.2 Å². The summed E-state index contributed by atoms with van der Waals surface area (Å²) in [6.45, 7) is 6.67. The predicted molar refractivity (Wildman–Crippen MR) is 106 cm³/mol. The van der Waals surface area contributed by atoms with Crippen molar-refractivity contribution in [2.75, 3.05) is 31.6 Å². The summed E-state index contributed by atoms with van der Waals surface area (Å²) in [4.78, 5) is 21.7. The lowest BCUT2D eigenvalue weighted by Gasteiger charge is -2.22.